The molecule has 1 heterocycles. The summed E-state index contributed by atoms with van der Waals surface area (Å²) in [4.78, 5) is 3.31. The largest absolute Gasteiger partial charge is 0.573 e. The summed E-state index contributed by atoms with van der Waals surface area (Å²) >= 11 is 0. The second-order valence-corrected chi connectivity index (χ2v) is 5.50. The molecular weight excluding hydrogens is 315 g/mol. The monoisotopic (exact) mass is 327 g/mol. The Morgan fingerprint density at radius 2 is 1.54 bits per heavy atom. The molecule has 0 aliphatic heterocycles. The van der Waals surface area contributed by atoms with Crippen molar-refractivity contribution < 1.29 is 17.9 Å². The number of hydrogen-bond acceptors (Lipinski definition) is 1. The molecule has 3 aromatic carbocycles. The number of halogens is 3. The number of alkyl halides is 3. The van der Waals surface area contributed by atoms with Crippen molar-refractivity contribution in [3.8, 4) is 17.0 Å². The fourth-order valence-corrected chi connectivity index (χ4v) is 2.88. The van der Waals surface area contributed by atoms with E-state index in [1.54, 1.807) is 12.1 Å². The number of benzene rings is 3. The van der Waals surface area contributed by atoms with E-state index in [-0.39, 0.29) is 5.75 Å². The van der Waals surface area contributed by atoms with Crippen LogP contribution in [0.4, 0.5) is 13.2 Å². The standard InChI is InChI=1S/C19H12F3NO/c20-19(21,22)24-14-8-5-13(6-9-14)18-11-16-15-4-2-1-3-12(15)7-10-17(16)23-18/h1-11,23H. The van der Waals surface area contributed by atoms with Crippen molar-refractivity contribution in [2.24, 2.45) is 0 Å². The van der Waals surface area contributed by atoms with Gasteiger partial charge in [0.05, 0.1) is 0 Å². The van der Waals surface area contributed by atoms with E-state index in [9.17, 15) is 13.2 Å². The molecule has 120 valence electrons. The first-order valence-electron chi connectivity index (χ1n) is 7.36. The van der Waals surface area contributed by atoms with Gasteiger partial charge in [-0.3, -0.25) is 0 Å². The molecule has 2 nitrogen and oxygen atoms in total. The van der Waals surface area contributed by atoms with Gasteiger partial charge < -0.3 is 9.72 Å². The molecule has 0 fully saturated rings. The molecule has 0 radical (unpaired) electrons. The van der Waals surface area contributed by atoms with Gasteiger partial charge in [-0.05, 0) is 52.7 Å². The van der Waals surface area contributed by atoms with Crippen LogP contribution in [0.1, 0.15) is 0 Å². The predicted molar refractivity (Wildman–Crippen MR) is 87.9 cm³/mol. The predicted octanol–water partition coefficient (Wildman–Crippen LogP) is 5.89. The highest BCUT2D eigenvalue weighted by Crippen LogP contribution is 2.31. The smallest absolute Gasteiger partial charge is 0.406 e. The summed E-state index contributed by atoms with van der Waals surface area (Å²) in [6.07, 6.45) is -4.68. The van der Waals surface area contributed by atoms with Crippen LogP contribution in [0.15, 0.2) is 66.7 Å². The van der Waals surface area contributed by atoms with Gasteiger partial charge in [0.25, 0.3) is 0 Å². The van der Waals surface area contributed by atoms with E-state index in [0.29, 0.717) is 0 Å². The van der Waals surface area contributed by atoms with Crippen LogP contribution >= 0.6 is 0 Å². The van der Waals surface area contributed by atoms with Gasteiger partial charge in [0, 0.05) is 16.6 Å². The first kappa shape index (κ1) is 14.6. The van der Waals surface area contributed by atoms with Crippen LogP contribution in [0, 0.1) is 0 Å². The Hall–Kier alpha value is -2.95. The molecular formula is C19H12F3NO. The molecule has 5 heteroatoms. The van der Waals surface area contributed by atoms with Crippen LogP contribution in [0.2, 0.25) is 0 Å². The summed E-state index contributed by atoms with van der Waals surface area (Å²) in [5.74, 6) is -0.229. The lowest BCUT2D eigenvalue weighted by molar-refractivity contribution is -0.274. The van der Waals surface area contributed by atoms with Crippen molar-refractivity contribution in [3.05, 3.63) is 66.7 Å². The number of aromatic amines is 1. The van der Waals surface area contributed by atoms with Gasteiger partial charge in [-0.25, -0.2) is 0 Å². The Labute approximate surface area is 135 Å². The molecule has 1 aromatic heterocycles. The fourth-order valence-electron chi connectivity index (χ4n) is 2.88. The molecule has 24 heavy (non-hydrogen) atoms. The van der Waals surface area contributed by atoms with Crippen molar-refractivity contribution in [2.45, 2.75) is 6.36 Å². The highest BCUT2D eigenvalue weighted by Gasteiger charge is 2.30. The molecule has 0 aliphatic carbocycles. The highest BCUT2D eigenvalue weighted by molar-refractivity contribution is 6.08. The van der Waals surface area contributed by atoms with Gasteiger partial charge in [-0.2, -0.15) is 0 Å². The molecule has 0 saturated heterocycles. The van der Waals surface area contributed by atoms with Crippen molar-refractivity contribution >= 4 is 21.7 Å². The zero-order valence-corrected chi connectivity index (χ0v) is 12.4. The lowest BCUT2D eigenvalue weighted by Crippen LogP contribution is -2.16. The van der Waals surface area contributed by atoms with Crippen LogP contribution in [-0.2, 0) is 0 Å². The molecule has 0 aliphatic rings. The van der Waals surface area contributed by atoms with E-state index in [4.69, 9.17) is 0 Å². The second kappa shape index (κ2) is 5.30. The lowest BCUT2D eigenvalue weighted by atomic mass is 10.1. The molecule has 1 N–H and O–H groups in total. The Kier molecular flexibility index (Phi) is 3.23. The van der Waals surface area contributed by atoms with Crippen LogP contribution in [0.3, 0.4) is 0 Å². The summed E-state index contributed by atoms with van der Waals surface area (Å²) in [5, 5.41) is 3.36. The molecule has 0 atom stereocenters. The molecule has 4 aromatic rings. The summed E-state index contributed by atoms with van der Waals surface area (Å²) in [6.45, 7) is 0. The third-order valence-corrected chi connectivity index (χ3v) is 3.93. The van der Waals surface area contributed by atoms with E-state index in [0.717, 1.165) is 32.9 Å². The number of fused-ring (bicyclic) bond motifs is 3. The van der Waals surface area contributed by atoms with Crippen LogP contribution in [0.25, 0.3) is 32.9 Å². The Balaban J connectivity index is 1.75. The first-order valence-corrected chi connectivity index (χ1v) is 7.36. The van der Waals surface area contributed by atoms with E-state index in [1.165, 1.54) is 12.1 Å². The molecule has 0 bridgehead atoms. The van der Waals surface area contributed by atoms with E-state index >= 15 is 0 Å². The average molecular weight is 327 g/mol. The molecule has 0 saturated carbocycles. The van der Waals surface area contributed by atoms with Crippen LogP contribution in [0.5, 0.6) is 5.75 Å². The maximum absolute atomic E-state index is 12.2. The number of hydrogen-bond donors (Lipinski definition) is 1. The fraction of sp³-hybridized carbons (Fsp3) is 0.0526. The summed E-state index contributed by atoms with van der Waals surface area (Å²) in [7, 11) is 0. The number of aromatic nitrogens is 1. The summed E-state index contributed by atoms with van der Waals surface area (Å²) < 4.78 is 40.6. The minimum Gasteiger partial charge on any atom is -0.406 e. The Bertz CT molecular complexity index is 1020. The van der Waals surface area contributed by atoms with Gasteiger partial charge in [-0.15, -0.1) is 13.2 Å². The van der Waals surface area contributed by atoms with Gasteiger partial charge in [-0.1, -0.05) is 30.3 Å². The van der Waals surface area contributed by atoms with Gasteiger partial charge >= 0.3 is 6.36 Å². The van der Waals surface area contributed by atoms with Gasteiger partial charge in [0.1, 0.15) is 5.75 Å². The normalized spacial score (nSPS) is 12.0. The third-order valence-electron chi connectivity index (χ3n) is 3.93. The van der Waals surface area contributed by atoms with E-state index in [1.807, 2.05) is 36.4 Å². The van der Waals surface area contributed by atoms with Crippen molar-refractivity contribution in [2.75, 3.05) is 0 Å². The quantitative estimate of drug-likeness (QED) is 0.488. The number of nitrogens with one attached hydrogen (secondary N) is 1. The number of H-pyrrole nitrogens is 1. The van der Waals surface area contributed by atoms with Crippen molar-refractivity contribution in [1.82, 2.24) is 4.98 Å². The van der Waals surface area contributed by atoms with Crippen molar-refractivity contribution in [3.63, 3.8) is 0 Å². The van der Waals surface area contributed by atoms with E-state index in [2.05, 4.69) is 15.8 Å². The lowest BCUT2D eigenvalue weighted by Gasteiger charge is -2.08. The first-order chi connectivity index (χ1) is 11.5. The average Bonchev–Trinajstić information content (AvgIpc) is 2.98. The number of ether oxygens (including phenoxy) is 1. The summed E-state index contributed by atoms with van der Waals surface area (Å²) in [5.41, 5.74) is 2.63. The van der Waals surface area contributed by atoms with Crippen LogP contribution < -0.4 is 4.74 Å². The second-order valence-electron chi connectivity index (χ2n) is 5.50. The molecule has 0 amide bonds. The van der Waals surface area contributed by atoms with Gasteiger partial charge in [0.2, 0.25) is 0 Å². The minimum absolute atomic E-state index is 0.229. The molecule has 0 unspecified atom stereocenters. The Morgan fingerprint density at radius 3 is 2.29 bits per heavy atom. The minimum atomic E-state index is -4.68. The maximum Gasteiger partial charge on any atom is 0.573 e. The Morgan fingerprint density at radius 1 is 0.792 bits per heavy atom. The third kappa shape index (κ3) is 2.69. The maximum atomic E-state index is 12.2. The molecule has 4 rings (SSSR count). The summed E-state index contributed by atoms with van der Waals surface area (Å²) in [6, 6.07) is 20.0. The van der Waals surface area contributed by atoms with E-state index < -0.39 is 6.36 Å². The zero-order chi connectivity index (χ0) is 16.7. The number of rotatable bonds is 2. The van der Waals surface area contributed by atoms with Gasteiger partial charge in [0.15, 0.2) is 0 Å². The van der Waals surface area contributed by atoms with Crippen LogP contribution in [-0.4, -0.2) is 11.3 Å². The zero-order valence-electron chi connectivity index (χ0n) is 12.4. The van der Waals surface area contributed by atoms with Crippen molar-refractivity contribution in [1.29, 1.82) is 0 Å². The molecule has 0 spiro atoms. The SMILES string of the molecule is FC(F)(F)Oc1ccc(-c2cc3c(ccc4ccccc43)[nH]2)cc1. The highest BCUT2D eigenvalue weighted by atomic mass is 19.4. The topological polar surface area (TPSA) is 25.0 Å².